The minimum atomic E-state index is -1.46. The molecule has 90 valence electrons. The molecule has 0 N–H and O–H groups in total. The van der Waals surface area contributed by atoms with Crippen molar-refractivity contribution in [2.75, 3.05) is 0 Å². The van der Waals surface area contributed by atoms with Crippen LogP contribution in [0.2, 0.25) is 0 Å². The van der Waals surface area contributed by atoms with Crippen molar-refractivity contribution in [2.24, 2.45) is 0 Å². The van der Waals surface area contributed by atoms with E-state index in [9.17, 15) is 19.8 Å². The lowest BCUT2D eigenvalue weighted by atomic mass is 10.2. The number of hydrogen-bond acceptors (Lipinski definition) is 6. The fourth-order valence-electron chi connectivity index (χ4n) is 1.10. The summed E-state index contributed by atoms with van der Waals surface area (Å²) in [7, 11) is 0. The SMILES string of the molecule is O=C([O-])CC(SC(=S)c1ccccc1)C(=O)[O-]. The van der Waals surface area contributed by atoms with Gasteiger partial charge < -0.3 is 19.8 Å². The van der Waals surface area contributed by atoms with Gasteiger partial charge in [-0.3, -0.25) is 0 Å². The van der Waals surface area contributed by atoms with E-state index in [0.29, 0.717) is 9.76 Å². The highest BCUT2D eigenvalue weighted by atomic mass is 32.2. The number of carbonyl (C=O) groups excluding carboxylic acids is 2. The highest BCUT2D eigenvalue weighted by Gasteiger charge is 2.14. The average molecular weight is 268 g/mol. The molecule has 0 aliphatic carbocycles. The fraction of sp³-hybridized carbons (Fsp3) is 0.182. The Morgan fingerprint density at radius 1 is 1.24 bits per heavy atom. The predicted octanol–water partition coefficient (Wildman–Crippen LogP) is -0.646. The second-order valence-electron chi connectivity index (χ2n) is 3.16. The van der Waals surface area contributed by atoms with Gasteiger partial charge in [-0.25, -0.2) is 0 Å². The van der Waals surface area contributed by atoms with Crippen molar-refractivity contribution in [3.8, 4) is 0 Å². The summed E-state index contributed by atoms with van der Waals surface area (Å²) >= 11 is 5.81. The average Bonchev–Trinajstić information content (AvgIpc) is 2.28. The quantitative estimate of drug-likeness (QED) is 0.660. The number of carbonyl (C=O) groups is 2. The molecule has 0 aromatic heterocycles. The normalized spacial score (nSPS) is 11.8. The molecule has 0 saturated heterocycles. The fourth-order valence-corrected chi connectivity index (χ4v) is 2.43. The van der Waals surface area contributed by atoms with Crippen molar-refractivity contribution in [3.05, 3.63) is 35.9 Å². The molecule has 0 heterocycles. The van der Waals surface area contributed by atoms with Crippen molar-refractivity contribution in [2.45, 2.75) is 11.7 Å². The zero-order chi connectivity index (χ0) is 12.8. The first-order chi connectivity index (χ1) is 8.00. The zero-order valence-corrected chi connectivity index (χ0v) is 10.3. The van der Waals surface area contributed by atoms with Crippen LogP contribution in [0.1, 0.15) is 12.0 Å². The summed E-state index contributed by atoms with van der Waals surface area (Å²) in [6.07, 6.45) is -0.625. The molecule has 1 aromatic rings. The standard InChI is InChI=1S/C11H10O4S2/c12-9(13)6-8(10(14)15)17-11(16)7-4-2-1-3-5-7/h1-5,8H,6H2,(H,12,13)(H,14,15)/p-2. The van der Waals surface area contributed by atoms with Gasteiger partial charge >= 0.3 is 0 Å². The van der Waals surface area contributed by atoms with Crippen LogP contribution in [0.4, 0.5) is 0 Å². The van der Waals surface area contributed by atoms with E-state index in [4.69, 9.17) is 12.2 Å². The first-order valence-electron chi connectivity index (χ1n) is 4.67. The number of rotatable bonds is 5. The van der Waals surface area contributed by atoms with Crippen LogP contribution in [0.25, 0.3) is 0 Å². The lowest BCUT2D eigenvalue weighted by Crippen LogP contribution is -2.38. The van der Waals surface area contributed by atoms with Gasteiger partial charge in [-0.15, -0.1) is 11.8 Å². The Bertz CT molecular complexity index is 430. The van der Waals surface area contributed by atoms with Crippen molar-refractivity contribution < 1.29 is 19.8 Å². The third-order valence-corrected chi connectivity index (χ3v) is 3.49. The van der Waals surface area contributed by atoms with Crippen LogP contribution < -0.4 is 10.2 Å². The van der Waals surface area contributed by atoms with Gasteiger partial charge in [0.25, 0.3) is 0 Å². The first kappa shape index (κ1) is 13.7. The summed E-state index contributed by atoms with van der Waals surface area (Å²) in [5.41, 5.74) is 0.678. The molecule has 1 atom stereocenters. The molecule has 0 aliphatic rings. The molecule has 1 unspecified atom stereocenters. The maximum atomic E-state index is 10.7. The van der Waals surface area contributed by atoms with Gasteiger partial charge in [0.1, 0.15) is 0 Å². The molecule has 0 fully saturated rings. The Balaban J connectivity index is 2.71. The largest absolute Gasteiger partial charge is 0.550 e. The molecule has 1 rings (SSSR count). The third-order valence-electron chi connectivity index (χ3n) is 1.87. The van der Waals surface area contributed by atoms with Crippen molar-refractivity contribution in [3.63, 3.8) is 0 Å². The van der Waals surface area contributed by atoms with Crippen LogP contribution in [0.5, 0.6) is 0 Å². The summed E-state index contributed by atoms with van der Waals surface area (Å²) in [5.74, 6) is -2.90. The van der Waals surface area contributed by atoms with E-state index in [-0.39, 0.29) is 0 Å². The number of thioether (sulfide) groups is 1. The Hall–Kier alpha value is -1.40. The maximum absolute atomic E-state index is 10.7. The van der Waals surface area contributed by atoms with Gasteiger partial charge in [0, 0.05) is 12.4 Å². The van der Waals surface area contributed by atoms with Crippen molar-refractivity contribution >= 4 is 40.1 Å². The number of benzene rings is 1. The van der Waals surface area contributed by atoms with Gasteiger partial charge in [-0.05, 0) is 5.56 Å². The second-order valence-corrected chi connectivity index (χ2v) is 5.03. The number of thiocarbonyl (C=S) groups is 1. The lowest BCUT2D eigenvalue weighted by Gasteiger charge is -2.18. The van der Waals surface area contributed by atoms with Crippen LogP contribution in [-0.4, -0.2) is 21.4 Å². The van der Waals surface area contributed by atoms with E-state index in [0.717, 1.165) is 11.8 Å². The summed E-state index contributed by atoms with van der Waals surface area (Å²) < 4.78 is 0.320. The van der Waals surface area contributed by atoms with E-state index < -0.39 is 23.6 Å². The van der Waals surface area contributed by atoms with Crippen LogP contribution in [0.15, 0.2) is 30.3 Å². The highest BCUT2D eigenvalue weighted by molar-refractivity contribution is 8.24. The van der Waals surface area contributed by atoms with Crippen LogP contribution in [-0.2, 0) is 9.59 Å². The van der Waals surface area contributed by atoms with Gasteiger partial charge in [0.2, 0.25) is 0 Å². The third kappa shape index (κ3) is 4.54. The Labute approximate surface area is 108 Å². The smallest absolute Gasteiger partial charge is 0.0784 e. The highest BCUT2D eigenvalue weighted by Crippen LogP contribution is 2.21. The van der Waals surface area contributed by atoms with E-state index in [1.807, 2.05) is 0 Å². The summed E-state index contributed by atoms with van der Waals surface area (Å²) in [6.45, 7) is 0. The molecular weight excluding hydrogens is 260 g/mol. The van der Waals surface area contributed by atoms with E-state index in [2.05, 4.69) is 0 Å². The summed E-state index contributed by atoms with van der Waals surface area (Å²) in [5, 5.41) is 19.9. The Kier molecular flexibility index (Phi) is 5.11. The zero-order valence-electron chi connectivity index (χ0n) is 8.62. The molecule has 0 bridgehead atoms. The van der Waals surface area contributed by atoms with Crippen LogP contribution >= 0.6 is 24.0 Å². The Morgan fingerprint density at radius 2 is 1.82 bits per heavy atom. The second kappa shape index (κ2) is 6.36. The van der Waals surface area contributed by atoms with Crippen LogP contribution in [0.3, 0.4) is 0 Å². The molecule has 0 amide bonds. The number of carboxylic acid groups (broad SMARTS) is 2. The summed E-state index contributed by atoms with van der Waals surface area (Å²) in [4.78, 5) is 21.1. The van der Waals surface area contributed by atoms with E-state index in [1.54, 1.807) is 30.3 Å². The monoisotopic (exact) mass is 268 g/mol. The molecule has 4 nitrogen and oxygen atoms in total. The first-order valence-corrected chi connectivity index (χ1v) is 5.96. The van der Waals surface area contributed by atoms with E-state index >= 15 is 0 Å². The molecule has 6 heteroatoms. The maximum Gasteiger partial charge on any atom is 0.0784 e. The minimum absolute atomic E-state index is 0.320. The topological polar surface area (TPSA) is 80.3 Å². The molecule has 0 spiro atoms. The van der Waals surface area contributed by atoms with Crippen molar-refractivity contribution in [1.82, 2.24) is 0 Å². The Morgan fingerprint density at radius 3 is 2.29 bits per heavy atom. The van der Waals surface area contributed by atoms with Gasteiger partial charge in [0.05, 0.1) is 15.4 Å². The minimum Gasteiger partial charge on any atom is -0.550 e. The predicted molar refractivity (Wildman–Crippen MR) is 64.2 cm³/mol. The molecule has 1 aromatic carbocycles. The summed E-state index contributed by atoms with van der Waals surface area (Å²) in [6, 6.07) is 8.76. The molecule has 0 radical (unpaired) electrons. The molecular formula is C11H8O4S2-2. The van der Waals surface area contributed by atoms with Gasteiger partial charge in [-0.1, -0.05) is 42.5 Å². The van der Waals surface area contributed by atoms with E-state index in [1.165, 1.54) is 0 Å². The molecule has 17 heavy (non-hydrogen) atoms. The van der Waals surface area contributed by atoms with Crippen LogP contribution in [0, 0.1) is 0 Å². The lowest BCUT2D eigenvalue weighted by molar-refractivity contribution is -0.314. The number of aliphatic carboxylic acids is 2. The molecule has 0 saturated carbocycles. The van der Waals surface area contributed by atoms with Gasteiger partial charge in [-0.2, -0.15) is 0 Å². The number of hydrogen-bond donors (Lipinski definition) is 0. The van der Waals surface area contributed by atoms with Gasteiger partial charge in [0.15, 0.2) is 0 Å². The molecule has 0 aliphatic heterocycles. The number of carboxylic acids is 2. The van der Waals surface area contributed by atoms with Crippen molar-refractivity contribution in [1.29, 1.82) is 0 Å².